The van der Waals surface area contributed by atoms with Crippen molar-refractivity contribution in [3.05, 3.63) is 69.5 Å². The molecular formula is C21H19BrFNO4. The molecule has 1 unspecified atom stereocenters. The van der Waals surface area contributed by atoms with E-state index in [9.17, 15) is 19.1 Å². The van der Waals surface area contributed by atoms with Gasteiger partial charge in [-0.3, -0.25) is 9.59 Å². The van der Waals surface area contributed by atoms with Gasteiger partial charge in [-0.15, -0.1) is 0 Å². The van der Waals surface area contributed by atoms with E-state index in [0.717, 1.165) is 0 Å². The molecule has 1 aliphatic rings. The zero-order chi connectivity index (χ0) is 20.4. The number of hydrogen-bond acceptors (Lipinski definition) is 4. The summed E-state index contributed by atoms with van der Waals surface area (Å²) in [6, 6.07) is 9.67. The summed E-state index contributed by atoms with van der Waals surface area (Å²) in [5.74, 6) is -1.57. The smallest absolute Gasteiger partial charge is 0.295 e. The number of carbonyl (C=O) groups is 2. The minimum absolute atomic E-state index is 0.0119. The standard InChI is InChI=1S/C21H19BrFNO4/c1-3-10-24-18(12-4-7-14(23)8-5-12)17(20(26)21(24)27)19(25)13-6-9-16(28-2)15(22)11-13/h4-9,11,18,25H,3,10H2,1-2H3/b19-17-. The van der Waals surface area contributed by atoms with Crippen LogP contribution < -0.4 is 4.74 Å². The zero-order valence-electron chi connectivity index (χ0n) is 15.4. The molecule has 2 aromatic rings. The van der Waals surface area contributed by atoms with Crippen LogP contribution in [0.5, 0.6) is 5.75 Å². The van der Waals surface area contributed by atoms with E-state index >= 15 is 0 Å². The van der Waals surface area contributed by atoms with E-state index in [1.807, 2.05) is 6.92 Å². The highest BCUT2D eigenvalue weighted by Gasteiger charge is 2.45. The van der Waals surface area contributed by atoms with Gasteiger partial charge in [0.1, 0.15) is 17.3 Å². The first-order valence-electron chi connectivity index (χ1n) is 8.76. The van der Waals surface area contributed by atoms with Crippen LogP contribution in [0.3, 0.4) is 0 Å². The number of ether oxygens (including phenoxy) is 1. The van der Waals surface area contributed by atoms with Gasteiger partial charge in [-0.1, -0.05) is 19.1 Å². The van der Waals surface area contributed by atoms with Crippen molar-refractivity contribution in [2.24, 2.45) is 0 Å². The minimum Gasteiger partial charge on any atom is -0.507 e. The average Bonchev–Trinajstić information content (AvgIpc) is 2.93. The van der Waals surface area contributed by atoms with Crippen molar-refractivity contribution in [3.63, 3.8) is 0 Å². The van der Waals surface area contributed by atoms with E-state index in [2.05, 4.69) is 15.9 Å². The van der Waals surface area contributed by atoms with E-state index in [0.29, 0.717) is 34.3 Å². The van der Waals surface area contributed by atoms with Crippen LogP contribution in [0.2, 0.25) is 0 Å². The van der Waals surface area contributed by atoms with Crippen LogP contribution in [-0.2, 0) is 9.59 Å². The quantitative estimate of drug-likeness (QED) is 0.418. The number of halogens is 2. The van der Waals surface area contributed by atoms with Crippen LogP contribution in [0.4, 0.5) is 4.39 Å². The number of aliphatic hydroxyl groups excluding tert-OH is 1. The number of rotatable bonds is 5. The molecule has 1 N–H and O–H groups in total. The first kappa shape index (κ1) is 20.1. The lowest BCUT2D eigenvalue weighted by molar-refractivity contribution is -0.139. The van der Waals surface area contributed by atoms with Crippen LogP contribution in [0, 0.1) is 5.82 Å². The molecule has 146 valence electrons. The second kappa shape index (κ2) is 8.14. The molecular weight excluding hydrogens is 429 g/mol. The molecule has 1 amide bonds. The molecule has 1 fully saturated rings. The molecule has 7 heteroatoms. The highest BCUT2D eigenvalue weighted by Crippen LogP contribution is 2.40. The van der Waals surface area contributed by atoms with Crippen LogP contribution in [0.1, 0.15) is 30.5 Å². The van der Waals surface area contributed by atoms with Gasteiger partial charge in [-0.2, -0.15) is 0 Å². The van der Waals surface area contributed by atoms with Crippen molar-refractivity contribution in [1.82, 2.24) is 4.90 Å². The average molecular weight is 448 g/mol. The second-order valence-electron chi connectivity index (χ2n) is 6.39. The Morgan fingerprint density at radius 1 is 1.21 bits per heavy atom. The summed E-state index contributed by atoms with van der Waals surface area (Å²) in [4.78, 5) is 26.7. The van der Waals surface area contributed by atoms with Crippen molar-refractivity contribution < 1.29 is 23.8 Å². The summed E-state index contributed by atoms with van der Waals surface area (Å²) in [7, 11) is 1.52. The number of methoxy groups -OCH3 is 1. The van der Waals surface area contributed by atoms with E-state index in [-0.39, 0.29) is 11.3 Å². The van der Waals surface area contributed by atoms with Gasteiger partial charge in [0.25, 0.3) is 11.7 Å². The Balaban J connectivity index is 2.17. The number of Topliss-reactive ketones (excluding diaryl/α,β-unsaturated/α-hetero) is 1. The highest BCUT2D eigenvalue weighted by molar-refractivity contribution is 9.10. The third kappa shape index (κ3) is 3.54. The molecule has 0 aromatic heterocycles. The number of hydrogen-bond donors (Lipinski definition) is 1. The van der Waals surface area contributed by atoms with Gasteiger partial charge in [0, 0.05) is 12.1 Å². The topological polar surface area (TPSA) is 66.8 Å². The lowest BCUT2D eigenvalue weighted by atomic mass is 9.95. The van der Waals surface area contributed by atoms with Gasteiger partial charge in [-0.25, -0.2) is 4.39 Å². The molecule has 1 aliphatic heterocycles. The normalized spacial score (nSPS) is 18.6. The molecule has 1 atom stereocenters. The monoisotopic (exact) mass is 447 g/mol. The third-order valence-electron chi connectivity index (χ3n) is 4.62. The second-order valence-corrected chi connectivity index (χ2v) is 7.25. The van der Waals surface area contributed by atoms with Gasteiger partial charge in [0.15, 0.2) is 0 Å². The fourth-order valence-electron chi connectivity index (χ4n) is 3.31. The van der Waals surface area contributed by atoms with Gasteiger partial charge >= 0.3 is 0 Å². The fraction of sp³-hybridized carbons (Fsp3) is 0.238. The summed E-state index contributed by atoms with van der Waals surface area (Å²) >= 11 is 3.35. The summed E-state index contributed by atoms with van der Waals surface area (Å²) in [6.45, 7) is 2.23. The number of nitrogens with zero attached hydrogens (tertiary/aromatic N) is 1. The van der Waals surface area contributed by atoms with Crippen LogP contribution >= 0.6 is 15.9 Å². The maximum atomic E-state index is 13.4. The molecule has 5 nitrogen and oxygen atoms in total. The molecule has 0 aliphatic carbocycles. The molecule has 0 saturated carbocycles. The maximum Gasteiger partial charge on any atom is 0.295 e. The number of ketones is 1. The lowest BCUT2D eigenvalue weighted by Gasteiger charge is -2.24. The summed E-state index contributed by atoms with van der Waals surface area (Å²) in [5, 5.41) is 10.9. The highest BCUT2D eigenvalue weighted by atomic mass is 79.9. The van der Waals surface area contributed by atoms with Crippen molar-refractivity contribution >= 4 is 33.4 Å². The van der Waals surface area contributed by atoms with Gasteiger partial charge < -0.3 is 14.7 Å². The van der Waals surface area contributed by atoms with E-state index < -0.39 is 23.5 Å². The predicted octanol–water partition coefficient (Wildman–Crippen LogP) is 4.43. The van der Waals surface area contributed by atoms with Crippen LogP contribution in [0.15, 0.2) is 52.5 Å². The number of likely N-dealkylation sites (tertiary alicyclic amines) is 1. The minimum atomic E-state index is -0.776. The number of aliphatic hydroxyl groups is 1. The predicted molar refractivity (Wildman–Crippen MR) is 106 cm³/mol. The first-order chi connectivity index (χ1) is 13.4. The van der Waals surface area contributed by atoms with Crippen molar-refractivity contribution in [3.8, 4) is 5.75 Å². The largest absolute Gasteiger partial charge is 0.507 e. The molecule has 0 spiro atoms. The summed E-state index contributed by atoms with van der Waals surface area (Å²) in [5.41, 5.74) is 0.916. The zero-order valence-corrected chi connectivity index (χ0v) is 17.0. The van der Waals surface area contributed by atoms with Gasteiger partial charge in [-0.05, 0) is 58.2 Å². The lowest BCUT2D eigenvalue weighted by Crippen LogP contribution is -2.30. The Kier molecular flexibility index (Phi) is 5.84. The Morgan fingerprint density at radius 3 is 2.46 bits per heavy atom. The third-order valence-corrected chi connectivity index (χ3v) is 5.24. The molecule has 1 heterocycles. The summed E-state index contributed by atoms with van der Waals surface area (Å²) < 4.78 is 19.2. The maximum absolute atomic E-state index is 13.4. The molecule has 0 radical (unpaired) electrons. The molecule has 3 rings (SSSR count). The SMILES string of the molecule is CCCN1C(=O)C(=O)/C(=C(\O)c2ccc(OC)c(Br)c2)C1c1ccc(F)cc1. The van der Waals surface area contributed by atoms with E-state index in [1.54, 1.807) is 18.2 Å². The molecule has 2 aromatic carbocycles. The van der Waals surface area contributed by atoms with Gasteiger partial charge in [0.05, 0.1) is 23.2 Å². The molecule has 28 heavy (non-hydrogen) atoms. The Hall–Kier alpha value is -2.67. The van der Waals surface area contributed by atoms with E-state index in [4.69, 9.17) is 4.74 Å². The van der Waals surface area contributed by atoms with Crippen LogP contribution in [0.25, 0.3) is 5.76 Å². The Labute approximate surface area is 170 Å². The number of carbonyl (C=O) groups excluding carboxylic acids is 2. The Morgan fingerprint density at radius 2 is 1.89 bits per heavy atom. The molecule has 1 saturated heterocycles. The number of amides is 1. The fourth-order valence-corrected chi connectivity index (χ4v) is 3.85. The van der Waals surface area contributed by atoms with E-state index in [1.165, 1.54) is 36.3 Å². The van der Waals surface area contributed by atoms with Crippen molar-refractivity contribution in [2.45, 2.75) is 19.4 Å². The molecule has 0 bridgehead atoms. The summed E-state index contributed by atoms with van der Waals surface area (Å²) in [6.07, 6.45) is 0.638. The van der Waals surface area contributed by atoms with Crippen molar-refractivity contribution in [1.29, 1.82) is 0 Å². The Bertz CT molecular complexity index is 955. The van der Waals surface area contributed by atoms with Gasteiger partial charge in [0.2, 0.25) is 0 Å². The number of benzene rings is 2. The first-order valence-corrected chi connectivity index (χ1v) is 9.56. The van der Waals surface area contributed by atoms with Crippen molar-refractivity contribution in [2.75, 3.05) is 13.7 Å². The van der Waals surface area contributed by atoms with Crippen LogP contribution in [-0.4, -0.2) is 35.4 Å².